The number of benzene rings is 3. The lowest BCUT2D eigenvalue weighted by atomic mass is 9.97. The Balaban J connectivity index is 1.55. The minimum absolute atomic E-state index is 0.00231. The third kappa shape index (κ3) is 3.98. The van der Waals surface area contributed by atoms with Gasteiger partial charge in [-0.15, -0.1) is 0 Å². The lowest BCUT2D eigenvalue weighted by Crippen LogP contribution is -2.07. The summed E-state index contributed by atoms with van der Waals surface area (Å²) >= 11 is 0. The first kappa shape index (κ1) is 21.6. The number of aldehydes is 1. The van der Waals surface area contributed by atoms with Crippen LogP contribution in [0.4, 0.5) is 13.2 Å². The fourth-order valence-electron chi connectivity index (χ4n) is 4.04. The van der Waals surface area contributed by atoms with Crippen molar-refractivity contribution in [3.63, 3.8) is 0 Å². The zero-order chi connectivity index (χ0) is 23.7. The van der Waals surface area contributed by atoms with Crippen molar-refractivity contribution in [3.05, 3.63) is 84.6 Å². The molecule has 5 rings (SSSR count). The van der Waals surface area contributed by atoms with E-state index in [2.05, 4.69) is 10.1 Å². The van der Waals surface area contributed by atoms with E-state index >= 15 is 0 Å². The molecule has 0 atom stereocenters. The minimum atomic E-state index is -4.56. The summed E-state index contributed by atoms with van der Waals surface area (Å²) in [6.07, 6.45) is -1.43. The van der Waals surface area contributed by atoms with Crippen LogP contribution in [0.1, 0.15) is 12.0 Å². The Bertz CT molecular complexity index is 1470. The van der Waals surface area contributed by atoms with Gasteiger partial charge in [-0.25, -0.2) is 0 Å². The van der Waals surface area contributed by atoms with Crippen LogP contribution in [0, 0.1) is 0 Å². The number of hydrogen-bond acceptors (Lipinski definition) is 4. The van der Waals surface area contributed by atoms with E-state index in [0.29, 0.717) is 24.1 Å². The largest absolute Gasteiger partial charge is 0.417 e. The number of nitrogens with zero attached hydrogens (tertiary/aromatic N) is 3. The van der Waals surface area contributed by atoms with Gasteiger partial charge >= 0.3 is 6.18 Å². The second kappa shape index (κ2) is 8.62. The van der Waals surface area contributed by atoms with Crippen LogP contribution in [-0.2, 0) is 17.5 Å². The molecule has 5 aromatic rings. The van der Waals surface area contributed by atoms with Crippen LogP contribution in [0.15, 0.2) is 83.5 Å². The van der Waals surface area contributed by atoms with Gasteiger partial charge in [-0.05, 0) is 35.4 Å². The first-order chi connectivity index (χ1) is 16.5. The molecule has 0 fully saturated rings. The molecule has 0 unspecified atom stereocenters. The molecular formula is C26H18F3N3O2. The average Bonchev–Trinajstić information content (AvgIpc) is 3.50. The molecule has 0 aliphatic carbocycles. The summed E-state index contributed by atoms with van der Waals surface area (Å²) < 4.78 is 48.9. The van der Waals surface area contributed by atoms with E-state index in [9.17, 15) is 18.0 Å². The number of alkyl halides is 3. The standard InChI is InChI=1S/C26H18F3N3O2/c27-26(28,29)22-16-18(10-11-19(22)17-6-2-1-3-7-17)25-30-24(31-34-25)21-8-4-9-23-20(21)12-14-32(23)13-5-15-33/h1-4,6-12,14-16H,5,13H2. The van der Waals surface area contributed by atoms with Crippen LogP contribution < -0.4 is 0 Å². The molecular weight excluding hydrogens is 443 g/mol. The van der Waals surface area contributed by atoms with Gasteiger partial charge in [0.25, 0.3) is 5.89 Å². The molecule has 0 spiro atoms. The van der Waals surface area contributed by atoms with Crippen LogP contribution >= 0.6 is 0 Å². The highest BCUT2D eigenvalue weighted by molar-refractivity contribution is 5.94. The molecule has 0 amide bonds. The van der Waals surface area contributed by atoms with E-state index in [1.54, 1.807) is 36.4 Å². The average molecular weight is 461 g/mol. The summed E-state index contributed by atoms with van der Waals surface area (Å²) in [6.45, 7) is 0.544. The van der Waals surface area contributed by atoms with Crippen LogP contribution in [-0.4, -0.2) is 21.0 Å². The SMILES string of the molecule is O=CCCn1ccc2c(-c3noc(-c4ccc(-c5ccccc5)c(C(F)(F)F)c4)n3)cccc21. The number of aryl methyl sites for hydroxylation is 1. The van der Waals surface area contributed by atoms with E-state index in [-0.39, 0.29) is 22.8 Å². The maximum atomic E-state index is 13.9. The van der Waals surface area contributed by atoms with Gasteiger partial charge in [0.15, 0.2) is 0 Å². The minimum Gasteiger partial charge on any atom is -0.347 e. The van der Waals surface area contributed by atoms with Crippen molar-refractivity contribution >= 4 is 17.2 Å². The monoisotopic (exact) mass is 461 g/mol. The molecule has 0 aliphatic heterocycles. The summed E-state index contributed by atoms with van der Waals surface area (Å²) in [7, 11) is 0. The molecule has 0 saturated carbocycles. The molecule has 0 bridgehead atoms. The van der Waals surface area contributed by atoms with E-state index in [1.165, 1.54) is 6.07 Å². The van der Waals surface area contributed by atoms with Crippen LogP contribution in [0.2, 0.25) is 0 Å². The highest BCUT2D eigenvalue weighted by Gasteiger charge is 2.34. The zero-order valence-corrected chi connectivity index (χ0v) is 17.8. The molecule has 5 nitrogen and oxygen atoms in total. The summed E-state index contributed by atoms with van der Waals surface area (Å²) in [5, 5.41) is 4.88. The van der Waals surface area contributed by atoms with Crippen molar-refractivity contribution in [2.75, 3.05) is 0 Å². The van der Waals surface area contributed by atoms with Gasteiger partial charge in [0.1, 0.15) is 6.29 Å². The molecule has 34 heavy (non-hydrogen) atoms. The Labute approximate surface area is 192 Å². The maximum Gasteiger partial charge on any atom is 0.417 e. The van der Waals surface area contributed by atoms with Gasteiger partial charge in [0.2, 0.25) is 5.82 Å². The smallest absolute Gasteiger partial charge is 0.347 e. The fraction of sp³-hybridized carbons (Fsp3) is 0.115. The number of hydrogen-bond donors (Lipinski definition) is 0. The van der Waals surface area contributed by atoms with E-state index < -0.39 is 11.7 Å². The lowest BCUT2D eigenvalue weighted by molar-refractivity contribution is -0.137. The van der Waals surface area contributed by atoms with Gasteiger partial charge in [-0.1, -0.05) is 53.7 Å². The summed E-state index contributed by atoms with van der Waals surface area (Å²) in [5.41, 5.74) is 1.55. The number of carbonyl (C=O) groups excluding carboxylic acids is 1. The number of fused-ring (bicyclic) bond motifs is 1. The van der Waals surface area contributed by atoms with Gasteiger partial charge in [0, 0.05) is 41.2 Å². The van der Waals surface area contributed by atoms with E-state index in [0.717, 1.165) is 23.3 Å². The third-order valence-electron chi connectivity index (χ3n) is 5.63. The third-order valence-corrected chi connectivity index (χ3v) is 5.63. The second-order valence-electron chi connectivity index (χ2n) is 7.75. The molecule has 170 valence electrons. The van der Waals surface area contributed by atoms with Crippen molar-refractivity contribution in [2.45, 2.75) is 19.1 Å². The quantitative estimate of drug-likeness (QED) is 0.266. The van der Waals surface area contributed by atoms with E-state index in [4.69, 9.17) is 4.52 Å². The second-order valence-corrected chi connectivity index (χ2v) is 7.75. The number of carbonyl (C=O) groups is 1. The van der Waals surface area contributed by atoms with Crippen molar-refractivity contribution in [2.24, 2.45) is 0 Å². The fourth-order valence-corrected chi connectivity index (χ4v) is 4.04. The van der Waals surface area contributed by atoms with Gasteiger partial charge in [-0.3, -0.25) is 0 Å². The van der Waals surface area contributed by atoms with Crippen LogP contribution in [0.25, 0.3) is 44.9 Å². The summed E-state index contributed by atoms with van der Waals surface area (Å²) in [5.74, 6) is 0.270. The Kier molecular flexibility index (Phi) is 5.49. The highest BCUT2D eigenvalue weighted by atomic mass is 19.4. The molecule has 8 heteroatoms. The van der Waals surface area contributed by atoms with Crippen molar-refractivity contribution in [1.82, 2.24) is 14.7 Å². The lowest BCUT2D eigenvalue weighted by Gasteiger charge is -2.14. The molecule has 0 saturated heterocycles. The highest BCUT2D eigenvalue weighted by Crippen LogP contribution is 2.39. The Morgan fingerprint density at radius 3 is 2.50 bits per heavy atom. The van der Waals surface area contributed by atoms with Gasteiger partial charge in [-0.2, -0.15) is 18.2 Å². The Morgan fingerprint density at radius 2 is 1.74 bits per heavy atom. The Hall–Kier alpha value is -4.20. The van der Waals surface area contributed by atoms with Gasteiger partial charge in [0.05, 0.1) is 5.56 Å². The zero-order valence-electron chi connectivity index (χ0n) is 17.8. The normalized spacial score (nSPS) is 11.7. The first-order valence-electron chi connectivity index (χ1n) is 10.6. The molecule has 2 heterocycles. The molecule has 3 aromatic carbocycles. The van der Waals surface area contributed by atoms with Crippen molar-refractivity contribution < 1.29 is 22.5 Å². The molecule has 0 N–H and O–H groups in total. The summed E-state index contributed by atoms with van der Waals surface area (Å²) in [4.78, 5) is 15.1. The summed E-state index contributed by atoms with van der Waals surface area (Å²) in [6, 6.07) is 19.9. The van der Waals surface area contributed by atoms with Crippen molar-refractivity contribution in [1.29, 1.82) is 0 Å². The predicted molar refractivity (Wildman–Crippen MR) is 122 cm³/mol. The maximum absolute atomic E-state index is 13.9. The molecule has 2 aromatic heterocycles. The molecule has 0 radical (unpaired) electrons. The number of aromatic nitrogens is 3. The number of halogens is 3. The van der Waals surface area contributed by atoms with Gasteiger partial charge < -0.3 is 13.9 Å². The van der Waals surface area contributed by atoms with Crippen molar-refractivity contribution in [3.8, 4) is 34.0 Å². The molecule has 0 aliphatic rings. The predicted octanol–water partition coefficient (Wildman–Crippen LogP) is 6.63. The topological polar surface area (TPSA) is 60.9 Å². The van der Waals surface area contributed by atoms with Crippen LogP contribution in [0.3, 0.4) is 0 Å². The van der Waals surface area contributed by atoms with E-state index in [1.807, 2.05) is 35.0 Å². The first-order valence-corrected chi connectivity index (χ1v) is 10.6. The number of rotatable bonds is 6. The van der Waals surface area contributed by atoms with Crippen LogP contribution in [0.5, 0.6) is 0 Å². The Morgan fingerprint density at radius 1 is 0.912 bits per heavy atom.